The molecule has 2 N–H and O–H groups in total. The zero-order chi connectivity index (χ0) is 11.8. The number of rotatable bonds is 10. The quantitative estimate of drug-likeness (QED) is 0.564. The highest BCUT2D eigenvalue weighted by molar-refractivity contribution is 5.74. The second kappa shape index (κ2) is 7.66. The van der Waals surface area contributed by atoms with Crippen LogP contribution in [0.1, 0.15) is 58.3 Å². The predicted molar refractivity (Wildman–Crippen MR) is 65.5 cm³/mol. The topological polar surface area (TPSA) is 49.3 Å². The fourth-order valence-corrected chi connectivity index (χ4v) is 2.05. The summed E-state index contributed by atoms with van der Waals surface area (Å²) in [4.78, 5) is 10.9. The van der Waals surface area contributed by atoms with Gasteiger partial charge >= 0.3 is 5.97 Å². The van der Waals surface area contributed by atoms with E-state index < -0.39 is 5.97 Å². The highest BCUT2D eigenvalue weighted by atomic mass is 16.4. The van der Waals surface area contributed by atoms with Gasteiger partial charge < -0.3 is 10.4 Å². The van der Waals surface area contributed by atoms with Crippen LogP contribution in [0.4, 0.5) is 0 Å². The van der Waals surface area contributed by atoms with Crippen molar-refractivity contribution in [1.29, 1.82) is 0 Å². The molecule has 94 valence electrons. The van der Waals surface area contributed by atoms with E-state index in [4.69, 9.17) is 5.11 Å². The molecule has 0 aliphatic heterocycles. The van der Waals surface area contributed by atoms with E-state index in [1.165, 1.54) is 32.1 Å². The Kier molecular flexibility index (Phi) is 6.46. The summed E-state index contributed by atoms with van der Waals surface area (Å²) in [6.45, 7) is 3.08. The normalized spacial score (nSPS) is 17.3. The van der Waals surface area contributed by atoms with Crippen LogP contribution in [0.5, 0.6) is 0 Å². The van der Waals surface area contributed by atoms with E-state index in [0.29, 0.717) is 5.92 Å². The lowest BCUT2D eigenvalue weighted by Gasteiger charge is -2.13. The van der Waals surface area contributed by atoms with Gasteiger partial charge in [-0.05, 0) is 31.7 Å². The predicted octanol–water partition coefficient (Wildman–Crippen LogP) is 2.80. The molecule has 1 fully saturated rings. The van der Waals surface area contributed by atoms with Crippen molar-refractivity contribution in [3.05, 3.63) is 0 Å². The Balaban J connectivity index is 1.94. The van der Waals surface area contributed by atoms with E-state index in [1.807, 2.05) is 0 Å². The molecule has 0 spiro atoms. The second-order valence-corrected chi connectivity index (χ2v) is 4.88. The number of carboxylic acid groups (broad SMARTS) is 1. The van der Waals surface area contributed by atoms with E-state index >= 15 is 0 Å². The van der Waals surface area contributed by atoms with Gasteiger partial charge in [-0.1, -0.05) is 39.0 Å². The van der Waals surface area contributed by atoms with Crippen molar-refractivity contribution in [2.24, 2.45) is 5.92 Å². The van der Waals surface area contributed by atoms with Crippen LogP contribution in [-0.4, -0.2) is 23.7 Å². The van der Waals surface area contributed by atoms with Crippen molar-refractivity contribution in [3.8, 4) is 0 Å². The first-order valence-electron chi connectivity index (χ1n) is 6.72. The van der Waals surface area contributed by atoms with E-state index in [-0.39, 0.29) is 6.04 Å². The maximum atomic E-state index is 10.9. The number of carbonyl (C=O) groups is 1. The summed E-state index contributed by atoms with van der Waals surface area (Å²) in [5.74, 6) is -0.272. The van der Waals surface area contributed by atoms with Crippen LogP contribution in [0, 0.1) is 5.92 Å². The number of hydrogen-bond acceptors (Lipinski definition) is 2. The van der Waals surface area contributed by atoms with E-state index in [1.54, 1.807) is 0 Å². The van der Waals surface area contributed by atoms with Gasteiger partial charge in [-0.25, -0.2) is 0 Å². The number of aliphatic carboxylic acids is 1. The van der Waals surface area contributed by atoms with E-state index in [2.05, 4.69) is 12.2 Å². The van der Waals surface area contributed by atoms with Gasteiger partial charge in [0.1, 0.15) is 6.04 Å². The first kappa shape index (κ1) is 13.5. The summed E-state index contributed by atoms with van der Waals surface area (Å²) in [5.41, 5.74) is 0. The number of nitrogens with one attached hydrogen (secondary N) is 1. The summed E-state index contributed by atoms with van der Waals surface area (Å²) in [7, 11) is 0. The van der Waals surface area contributed by atoms with Crippen LogP contribution in [0.15, 0.2) is 0 Å². The molecular formula is C13H25NO2. The van der Waals surface area contributed by atoms with Gasteiger partial charge in [-0.2, -0.15) is 0 Å². The first-order valence-corrected chi connectivity index (χ1v) is 6.72. The Bertz CT molecular complexity index is 202. The SMILES string of the molecule is CCCCCCCCNC(C(=O)O)C1CC1. The molecule has 0 bridgehead atoms. The number of hydrogen-bond donors (Lipinski definition) is 2. The van der Waals surface area contributed by atoms with E-state index in [9.17, 15) is 4.79 Å². The summed E-state index contributed by atoms with van der Waals surface area (Å²) in [5, 5.41) is 12.2. The highest BCUT2D eigenvalue weighted by Gasteiger charge is 2.35. The molecule has 0 heterocycles. The van der Waals surface area contributed by atoms with Crippen molar-refractivity contribution in [3.63, 3.8) is 0 Å². The van der Waals surface area contributed by atoms with Crippen molar-refractivity contribution < 1.29 is 9.90 Å². The third-order valence-corrected chi connectivity index (χ3v) is 3.25. The molecular weight excluding hydrogens is 202 g/mol. The van der Waals surface area contributed by atoms with Gasteiger partial charge in [0.05, 0.1) is 0 Å². The Labute approximate surface area is 98.6 Å². The smallest absolute Gasteiger partial charge is 0.320 e. The first-order chi connectivity index (χ1) is 7.75. The third kappa shape index (κ3) is 5.50. The molecule has 0 amide bonds. The zero-order valence-corrected chi connectivity index (χ0v) is 10.4. The molecule has 0 aromatic rings. The van der Waals surface area contributed by atoms with Crippen LogP contribution < -0.4 is 5.32 Å². The van der Waals surface area contributed by atoms with Crippen molar-refractivity contribution in [1.82, 2.24) is 5.32 Å². The van der Waals surface area contributed by atoms with Gasteiger partial charge in [-0.3, -0.25) is 4.79 Å². The molecule has 0 radical (unpaired) electrons. The lowest BCUT2D eigenvalue weighted by atomic mass is 10.1. The van der Waals surface area contributed by atoms with Gasteiger partial charge in [0.25, 0.3) is 0 Å². The molecule has 3 nitrogen and oxygen atoms in total. The van der Waals surface area contributed by atoms with Gasteiger partial charge in [0, 0.05) is 0 Å². The lowest BCUT2D eigenvalue weighted by molar-refractivity contribution is -0.140. The second-order valence-electron chi connectivity index (χ2n) is 4.88. The lowest BCUT2D eigenvalue weighted by Crippen LogP contribution is -2.39. The van der Waals surface area contributed by atoms with Crippen LogP contribution in [0.3, 0.4) is 0 Å². The van der Waals surface area contributed by atoms with E-state index in [0.717, 1.165) is 25.8 Å². The summed E-state index contributed by atoms with van der Waals surface area (Å²) < 4.78 is 0. The minimum atomic E-state index is -0.673. The van der Waals surface area contributed by atoms with Crippen LogP contribution in [-0.2, 0) is 4.79 Å². The summed E-state index contributed by atoms with van der Waals surface area (Å²) in [6, 6.07) is -0.282. The largest absolute Gasteiger partial charge is 0.480 e. The van der Waals surface area contributed by atoms with Gasteiger partial charge in [0.15, 0.2) is 0 Å². The Morgan fingerprint density at radius 3 is 2.44 bits per heavy atom. The van der Waals surface area contributed by atoms with Crippen molar-refractivity contribution >= 4 is 5.97 Å². The molecule has 3 heteroatoms. The molecule has 1 rings (SSSR count). The molecule has 0 aromatic carbocycles. The number of carboxylic acids is 1. The Hall–Kier alpha value is -0.570. The third-order valence-electron chi connectivity index (χ3n) is 3.25. The fourth-order valence-electron chi connectivity index (χ4n) is 2.05. The molecule has 1 atom stereocenters. The fraction of sp³-hybridized carbons (Fsp3) is 0.923. The highest BCUT2D eigenvalue weighted by Crippen LogP contribution is 2.32. The van der Waals surface area contributed by atoms with Crippen molar-refractivity contribution in [2.45, 2.75) is 64.3 Å². The summed E-state index contributed by atoms with van der Waals surface area (Å²) >= 11 is 0. The molecule has 1 aliphatic carbocycles. The molecule has 1 aliphatic rings. The molecule has 0 aromatic heterocycles. The summed E-state index contributed by atoms with van der Waals surface area (Å²) in [6.07, 6.45) is 9.72. The molecule has 1 saturated carbocycles. The average molecular weight is 227 g/mol. The Morgan fingerprint density at radius 2 is 1.88 bits per heavy atom. The maximum absolute atomic E-state index is 10.9. The molecule has 1 unspecified atom stereocenters. The monoisotopic (exact) mass is 227 g/mol. The molecule has 16 heavy (non-hydrogen) atoms. The van der Waals surface area contributed by atoms with Crippen LogP contribution in [0.25, 0.3) is 0 Å². The minimum absolute atomic E-state index is 0.282. The standard InChI is InChI=1S/C13H25NO2/c1-2-3-4-5-6-7-10-14-12(13(15)16)11-8-9-11/h11-12,14H,2-10H2,1H3,(H,15,16). The Morgan fingerprint density at radius 1 is 1.25 bits per heavy atom. The number of unbranched alkanes of at least 4 members (excludes halogenated alkanes) is 5. The van der Waals surface area contributed by atoms with Gasteiger partial charge in [0.2, 0.25) is 0 Å². The zero-order valence-electron chi connectivity index (χ0n) is 10.4. The van der Waals surface area contributed by atoms with Crippen molar-refractivity contribution in [2.75, 3.05) is 6.54 Å². The van der Waals surface area contributed by atoms with Crippen LogP contribution in [0.2, 0.25) is 0 Å². The maximum Gasteiger partial charge on any atom is 0.320 e. The average Bonchev–Trinajstić information content (AvgIpc) is 3.05. The minimum Gasteiger partial charge on any atom is -0.480 e. The van der Waals surface area contributed by atoms with Crippen LogP contribution >= 0.6 is 0 Å². The van der Waals surface area contributed by atoms with Gasteiger partial charge in [-0.15, -0.1) is 0 Å². The molecule has 0 saturated heterocycles.